The van der Waals surface area contributed by atoms with Crippen LogP contribution < -0.4 is 0 Å². The molecule has 2 aromatic rings. The van der Waals surface area contributed by atoms with E-state index in [0.717, 1.165) is 28.6 Å². The number of aromatic nitrogens is 1. The molecule has 5 nitrogen and oxygen atoms in total. The number of esters is 1. The Morgan fingerprint density at radius 2 is 2.24 bits per heavy atom. The first kappa shape index (κ1) is 16.8. The summed E-state index contributed by atoms with van der Waals surface area (Å²) in [6, 6.07) is 4.27. The van der Waals surface area contributed by atoms with E-state index in [1.165, 1.54) is 32.8 Å². The Balaban J connectivity index is 1.55. The Labute approximate surface area is 152 Å². The average molecular weight is 360 g/mol. The molecule has 2 aliphatic rings. The number of ether oxygens (including phenoxy) is 1. The molecule has 1 aliphatic carbocycles. The molecule has 2 aromatic heterocycles. The number of methoxy groups -OCH3 is 1. The maximum atomic E-state index is 12.3. The van der Waals surface area contributed by atoms with Crippen LogP contribution in [-0.2, 0) is 16.1 Å². The third-order valence-corrected chi connectivity index (χ3v) is 6.45. The smallest absolute Gasteiger partial charge is 0.323 e. The number of rotatable bonds is 4. The molecular formula is C19H24N2O3S. The molecule has 0 radical (unpaired) electrons. The van der Waals surface area contributed by atoms with Crippen LogP contribution in [0.4, 0.5) is 0 Å². The fourth-order valence-electron chi connectivity index (χ4n) is 4.38. The fourth-order valence-corrected chi connectivity index (χ4v) is 5.15. The topological polar surface area (TPSA) is 55.6 Å². The summed E-state index contributed by atoms with van der Waals surface area (Å²) >= 11 is 1.60. The molecule has 0 spiro atoms. The molecule has 0 bridgehead atoms. The minimum absolute atomic E-state index is 0.105. The van der Waals surface area contributed by atoms with Crippen LogP contribution in [0.5, 0.6) is 0 Å². The number of fused-ring (bicyclic) bond motifs is 1. The van der Waals surface area contributed by atoms with Gasteiger partial charge in [-0.25, -0.2) is 4.98 Å². The number of thiazole rings is 1. The van der Waals surface area contributed by atoms with Gasteiger partial charge in [-0.1, -0.05) is 12.8 Å². The van der Waals surface area contributed by atoms with Gasteiger partial charge in [0, 0.05) is 18.0 Å². The molecule has 3 atom stereocenters. The lowest BCUT2D eigenvalue weighted by atomic mass is 9.85. The van der Waals surface area contributed by atoms with Gasteiger partial charge in [0.05, 0.1) is 12.8 Å². The van der Waals surface area contributed by atoms with E-state index in [2.05, 4.69) is 10.3 Å². The second kappa shape index (κ2) is 6.92. The zero-order valence-corrected chi connectivity index (χ0v) is 15.6. The SMILES string of the molecule is COC(=O)[C@@H]1C[C@@H]2CCCC[C@H]2N1Cc1csc(-c2ccc(C)o2)n1. The van der Waals surface area contributed by atoms with Gasteiger partial charge in [0.25, 0.3) is 0 Å². The van der Waals surface area contributed by atoms with Crippen molar-refractivity contribution in [2.45, 2.75) is 57.7 Å². The van der Waals surface area contributed by atoms with E-state index < -0.39 is 0 Å². The van der Waals surface area contributed by atoms with E-state index in [0.29, 0.717) is 18.5 Å². The van der Waals surface area contributed by atoms with Crippen molar-refractivity contribution >= 4 is 17.3 Å². The molecular weight excluding hydrogens is 336 g/mol. The van der Waals surface area contributed by atoms with Gasteiger partial charge in [-0.2, -0.15) is 0 Å². The van der Waals surface area contributed by atoms with Gasteiger partial charge in [-0.3, -0.25) is 9.69 Å². The molecule has 3 heterocycles. The summed E-state index contributed by atoms with van der Waals surface area (Å²) in [6.45, 7) is 2.64. The number of hydrogen-bond acceptors (Lipinski definition) is 6. The first-order valence-corrected chi connectivity index (χ1v) is 9.88. The van der Waals surface area contributed by atoms with Gasteiger partial charge in [0.1, 0.15) is 11.8 Å². The van der Waals surface area contributed by atoms with Crippen LogP contribution >= 0.6 is 11.3 Å². The first-order chi connectivity index (χ1) is 12.2. The van der Waals surface area contributed by atoms with Crippen LogP contribution in [0.15, 0.2) is 21.9 Å². The van der Waals surface area contributed by atoms with Crippen LogP contribution in [0, 0.1) is 12.8 Å². The van der Waals surface area contributed by atoms with Crippen LogP contribution in [-0.4, -0.2) is 35.0 Å². The largest absolute Gasteiger partial charge is 0.468 e. The Bertz CT molecular complexity index is 753. The lowest BCUT2D eigenvalue weighted by Gasteiger charge is -2.32. The molecule has 0 N–H and O–H groups in total. The Hall–Kier alpha value is -1.66. The maximum Gasteiger partial charge on any atom is 0.323 e. The quantitative estimate of drug-likeness (QED) is 0.771. The number of likely N-dealkylation sites (tertiary alicyclic amines) is 1. The van der Waals surface area contributed by atoms with Crippen molar-refractivity contribution in [1.82, 2.24) is 9.88 Å². The first-order valence-electron chi connectivity index (χ1n) is 9.00. The highest BCUT2D eigenvalue weighted by atomic mass is 32.1. The molecule has 1 saturated heterocycles. The summed E-state index contributed by atoms with van der Waals surface area (Å²) in [5, 5.41) is 2.98. The highest BCUT2D eigenvalue weighted by Gasteiger charge is 2.45. The molecule has 1 aliphatic heterocycles. The predicted molar refractivity (Wildman–Crippen MR) is 96.3 cm³/mol. The van der Waals surface area contributed by atoms with Crippen LogP contribution in [0.2, 0.25) is 0 Å². The lowest BCUT2D eigenvalue weighted by Crippen LogP contribution is -2.42. The highest BCUT2D eigenvalue weighted by Crippen LogP contribution is 2.41. The second-order valence-corrected chi connectivity index (χ2v) is 7.97. The average Bonchev–Trinajstić information content (AvgIpc) is 3.34. The second-order valence-electron chi connectivity index (χ2n) is 7.11. The molecule has 0 aromatic carbocycles. The van der Waals surface area contributed by atoms with Gasteiger partial charge in [-0.15, -0.1) is 11.3 Å². The van der Waals surface area contributed by atoms with Gasteiger partial charge in [-0.05, 0) is 44.2 Å². The predicted octanol–water partition coefficient (Wildman–Crippen LogP) is 4.02. The van der Waals surface area contributed by atoms with Crippen molar-refractivity contribution < 1.29 is 13.9 Å². The third kappa shape index (κ3) is 3.25. The highest BCUT2D eigenvalue weighted by molar-refractivity contribution is 7.13. The standard InChI is InChI=1S/C19H24N2O3S/c1-12-7-8-17(24-12)18-20-14(11-25-18)10-21-15-6-4-3-5-13(15)9-16(21)19(22)23-2/h7-8,11,13,15-16H,3-6,9-10H2,1-2H3/t13-,15+,16-/m0/s1. The summed E-state index contributed by atoms with van der Waals surface area (Å²) in [5.41, 5.74) is 1.01. The summed E-state index contributed by atoms with van der Waals surface area (Å²) in [4.78, 5) is 19.4. The van der Waals surface area contributed by atoms with E-state index in [9.17, 15) is 4.79 Å². The van der Waals surface area contributed by atoms with Gasteiger partial charge in [0.15, 0.2) is 10.8 Å². The summed E-state index contributed by atoms with van der Waals surface area (Å²) < 4.78 is 10.7. The number of hydrogen-bond donors (Lipinski definition) is 0. The lowest BCUT2D eigenvalue weighted by molar-refractivity contribution is -0.146. The van der Waals surface area contributed by atoms with Crippen LogP contribution in [0.3, 0.4) is 0 Å². The zero-order chi connectivity index (χ0) is 17.4. The van der Waals surface area contributed by atoms with Crippen molar-refractivity contribution in [3.05, 3.63) is 29.0 Å². The molecule has 134 valence electrons. The van der Waals surface area contributed by atoms with Crippen molar-refractivity contribution in [2.24, 2.45) is 5.92 Å². The van der Waals surface area contributed by atoms with E-state index in [-0.39, 0.29) is 12.0 Å². The van der Waals surface area contributed by atoms with Gasteiger partial charge in [0.2, 0.25) is 0 Å². The Morgan fingerprint density at radius 1 is 1.40 bits per heavy atom. The molecule has 25 heavy (non-hydrogen) atoms. The summed E-state index contributed by atoms with van der Waals surface area (Å²) in [7, 11) is 1.49. The number of carbonyl (C=O) groups excluding carboxylic acids is 1. The monoisotopic (exact) mass is 360 g/mol. The minimum Gasteiger partial charge on any atom is -0.468 e. The Kier molecular flexibility index (Phi) is 4.65. The van der Waals surface area contributed by atoms with Crippen LogP contribution in [0.25, 0.3) is 10.8 Å². The molecule has 2 fully saturated rings. The number of carbonyl (C=O) groups is 1. The van der Waals surface area contributed by atoms with Crippen molar-refractivity contribution in [3.63, 3.8) is 0 Å². The summed E-state index contributed by atoms with van der Waals surface area (Å²) in [6.07, 6.45) is 5.85. The number of furan rings is 1. The van der Waals surface area contributed by atoms with E-state index >= 15 is 0 Å². The molecule has 0 unspecified atom stereocenters. The van der Waals surface area contributed by atoms with Crippen LogP contribution in [0.1, 0.15) is 43.6 Å². The minimum atomic E-state index is -0.130. The molecule has 1 saturated carbocycles. The van der Waals surface area contributed by atoms with E-state index in [1.807, 2.05) is 19.1 Å². The van der Waals surface area contributed by atoms with E-state index in [4.69, 9.17) is 14.1 Å². The summed E-state index contributed by atoms with van der Waals surface area (Å²) in [5.74, 6) is 2.22. The molecule has 6 heteroatoms. The van der Waals surface area contributed by atoms with Crippen molar-refractivity contribution in [3.8, 4) is 10.8 Å². The van der Waals surface area contributed by atoms with E-state index in [1.54, 1.807) is 11.3 Å². The van der Waals surface area contributed by atoms with Gasteiger partial charge >= 0.3 is 5.97 Å². The van der Waals surface area contributed by atoms with Crippen molar-refractivity contribution in [1.29, 1.82) is 0 Å². The maximum absolute atomic E-state index is 12.3. The molecule has 4 rings (SSSR count). The Morgan fingerprint density at radius 3 is 3.00 bits per heavy atom. The number of nitrogens with zero attached hydrogens (tertiary/aromatic N) is 2. The van der Waals surface area contributed by atoms with Crippen molar-refractivity contribution in [2.75, 3.05) is 7.11 Å². The number of aryl methyl sites for hydroxylation is 1. The zero-order valence-electron chi connectivity index (χ0n) is 14.7. The fraction of sp³-hybridized carbons (Fsp3) is 0.579. The van der Waals surface area contributed by atoms with Gasteiger partial charge < -0.3 is 9.15 Å². The third-order valence-electron chi connectivity index (χ3n) is 5.54. The normalized spacial score (nSPS) is 26.6. The molecule has 0 amide bonds.